The topological polar surface area (TPSA) is 140 Å². The molecule has 2 rings (SSSR count). The van der Waals surface area contributed by atoms with Crippen molar-refractivity contribution in [1.29, 1.82) is 0 Å². The van der Waals surface area contributed by atoms with Crippen molar-refractivity contribution >= 4 is 27.8 Å². The highest BCUT2D eigenvalue weighted by atomic mass is 32.2. The zero-order chi connectivity index (χ0) is 22.3. The van der Waals surface area contributed by atoms with Crippen LogP contribution in [-0.4, -0.2) is 57.6 Å². The van der Waals surface area contributed by atoms with Gasteiger partial charge in [-0.3, -0.25) is 14.9 Å². The largest absolute Gasteiger partial charge is 0.493 e. The molecule has 0 spiro atoms. The summed E-state index contributed by atoms with van der Waals surface area (Å²) in [5.74, 6) is -0.0893. The Balaban J connectivity index is 2.04. The minimum atomic E-state index is -3.97. The number of nitro groups is 1. The first-order valence-electron chi connectivity index (χ1n) is 8.43. The Morgan fingerprint density at radius 2 is 1.90 bits per heavy atom. The van der Waals surface area contributed by atoms with Crippen LogP contribution in [0, 0.1) is 10.1 Å². The number of hydrogen-bond donors (Lipinski definition) is 1. The summed E-state index contributed by atoms with van der Waals surface area (Å²) in [6, 6.07) is 9.73. The van der Waals surface area contributed by atoms with Gasteiger partial charge in [-0.05, 0) is 12.1 Å². The zero-order valence-electron chi connectivity index (χ0n) is 16.4. The molecule has 0 bridgehead atoms. The van der Waals surface area contributed by atoms with Crippen molar-refractivity contribution in [2.45, 2.75) is 4.90 Å². The van der Waals surface area contributed by atoms with E-state index in [0.717, 1.165) is 4.31 Å². The molecule has 0 aliphatic rings. The van der Waals surface area contributed by atoms with E-state index in [4.69, 9.17) is 9.47 Å². The van der Waals surface area contributed by atoms with Gasteiger partial charge in [0.2, 0.25) is 10.0 Å². The Kier molecular flexibility index (Phi) is 7.44. The summed E-state index contributed by atoms with van der Waals surface area (Å²) in [5.41, 5.74) is 2.46. The monoisotopic (exact) mass is 436 g/mol. The minimum absolute atomic E-state index is 0.0736. The van der Waals surface area contributed by atoms with Gasteiger partial charge in [0.05, 0.1) is 36.8 Å². The molecule has 0 aliphatic carbocycles. The number of amides is 1. The van der Waals surface area contributed by atoms with Gasteiger partial charge in [0.1, 0.15) is 0 Å². The number of non-ortho nitro benzene ring substituents is 1. The average molecular weight is 436 g/mol. The maximum atomic E-state index is 12.7. The number of hydrazone groups is 1. The minimum Gasteiger partial charge on any atom is -0.493 e. The van der Waals surface area contributed by atoms with Crippen LogP contribution in [0.3, 0.4) is 0 Å². The molecule has 0 fully saturated rings. The molecule has 0 aliphatic heterocycles. The molecule has 0 saturated heterocycles. The lowest BCUT2D eigenvalue weighted by atomic mass is 10.2. The fourth-order valence-corrected chi connectivity index (χ4v) is 3.52. The van der Waals surface area contributed by atoms with Gasteiger partial charge >= 0.3 is 0 Å². The van der Waals surface area contributed by atoms with Crippen molar-refractivity contribution in [3.05, 3.63) is 58.1 Å². The lowest BCUT2D eigenvalue weighted by Gasteiger charge is -2.17. The fourth-order valence-electron chi connectivity index (χ4n) is 2.38. The Morgan fingerprint density at radius 1 is 1.20 bits per heavy atom. The van der Waals surface area contributed by atoms with Gasteiger partial charge in [-0.2, -0.15) is 9.41 Å². The fraction of sp³-hybridized carbons (Fsp3) is 0.222. The molecule has 11 nitrogen and oxygen atoms in total. The van der Waals surface area contributed by atoms with Crippen molar-refractivity contribution in [3.63, 3.8) is 0 Å². The van der Waals surface area contributed by atoms with Crippen LogP contribution in [0.5, 0.6) is 11.5 Å². The first-order chi connectivity index (χ1) is 14.2. The first-order valence-corrected chi connectivity index (χ1v) is 9.87. The molecular weight excluding hydrogens is 416 g/mol. The van der Waals surface area contributed by atoms with E-state index in [2.05, 4.69) is 10.5 Å². The molecule has 30 heavy (non-hydrogen) atoms. The molecule has 0 radical (unpaired) electrons. The molecule has 0 saturated carbocycles. The second-order valence-electron chi connectivity index (χ2n) is 5.92. The number of methoxy groups -OCH3 is 2. The second-order valence-corrected chi connectivity index (χ2v) is 7.97. The van der Waals surface area contributed by atoms with Crippen LogP contribution in [0.25, 0.3) is 0 Å². The summed E-state index contributed by atoms with van der Waals surface area (Å²) < 4.78 is 36.4. The number of rotatable bonds is 9. The number of hydrogen-bond acceptors (Lipinski definition) is 8. The van der Waals surface area contributed by atoms with E-state index in [-0.39, 0.29) is 16.3 Å². The number of nitrogens with one attached hydrogen (secondary N) is 1. The normalized spacial score (nSPS) is 11.5. The highest BCUT2D eigenvalue weighted by Crippen LogP contribution is 2.30. The van der Waals surface area contributed by atoms with Crippen LogP contribution >= 0.6 is 0 Å². The molecule has 1 N–H and O–H groups in total. The first kappa shape index (κ1) is 22.8. The van der Waals surface area contributed by atoms with Gasteiger partial charge in [0.15, 0.2) is 11.5 Å². The lowest BCUT2D eigenvalue weighted by Crippen LogP contribution is -2.36. The third-order valence-electron chi connectivity index (χ3n) is 3.91. The van der Waals surface area contributed by atoms with Gasteiger partial charge in [0.25, 0.3) is 11.6 Å². The molecule has 0 unspecified atom stereocenters. The second kappa shape index (κ2) is 9.80. The Bertz CT molecular complexity index is 1070. The number of benzene rings is 2. The van der Waals surface area contributed by atoms with E-state index in [1.54, 1.807) is 6.07 Å². The van der Waals surface area contributed by atoms with Crippen LogP contribution in [0.2, 0.25) is 0 Å². The predicted octanol–water partition coefficient (Wildman–Crippen LogP) is 1.38. The summed E-state index contributed by atoms with van der Waals surface area (Å²) in [6.07, 6.45) is 1.22. The van der Waals surface area contributed by atoms with Crippen molar-refractivity contribution in [2.24, 2.45) is 5.10 Å². The van der Waals surface area contributed by atoms with E-state index in [9.17, 15) is 23.3 Å². The van der Waals surface area contributed by atoms with Gasteiger partial charge < -0.3 is 9.47 Å². The highest BCUT2D eigenvalue weighted by Gasteiger charge is 2.24. The number of carbonyl (C=O) groups is 1. The lowest BCUT2D eigenvalue weighted by molar-refractivity contribution is -0.384. The summed E-state index contributed by atoms with van der Waals surface area (Å²) >= 11 is 0. The van der Waals surface area contributed by atoms with Gasteiger partial charge in [-0.25, -0.2) is 13.8 Å². The van der Waals surface area contributed by atoms with Crippen molar-refractivity contribution < 1.29 is 27.6 Å². The molecule has 2 aromatic carbocycles. The van der Waals surface area contributed by atoms with Crippen LogP contribution in [0.1, 0.15) is 5.56 Å². The molecule has 12 heteroatoms. The van der Waals surface area contributed by atoms with Gasteiger partial charge in [0, 0.05) is 30.8 Å². The number of nitrogens with zero attached hydrogens (tertiary/aromatic N) is 3. The standard InChI is InChI=1S/C18H20N4O7S/c1-21(30(26,27)15-7-8-16(28-2)17(10-15)29-3)12-18(23)20-19-11-13-5-4-6-14(9-13)22(24)25/h4-11H,12H2,1-3H3,(H,20,23)/b19-11-. The Morgan fingerprint density at radius 3 is 2.53 bits per heavy atom. The molecule has 0 heterocycles. The smallest absolute Gasteiger partial charge is 0.270 e. The van der Waals surface area contributed by atoms with Crippen molar-refractivity contribution in [2.75, 3.05) is 27.8 Å². The van der Waals surface area contributed by atoms with Crippen LogP contribution in [0.15, 0.2) is 52.5 Å². The Labute approximate surface area is 173 Å². The van der Waals surface area contributed by atoms with Gasteiger partial charge in [-0.15, -0.1) is 0 Å². The van der Waals surface area contributed by atoms with E-state index in [0.29, 0.717) is 11.3 Å². The summed E-state index contributed by atoms with van der Waals surface area (Å²) in [5, 5.41) is 14.5. The van der Waals surface area contributed by atoms with Crippen LogP contribution in [0.4, 0.5) is 5.69 Å². The molecular formula is C18H20N4O7S. The molecule has 0 atom stereocenters. The summed E-state index contributed by atoms with van der Waals surface area (Å²) in [6.45, 7) is -0.497. The number of ether oxygens (including phenoxy) is 2. The number of sulfonamides is 1. The quantitative estimate of drug-likeness (QED) is 0.356. The number of likely N-dealkylation sites (N-methyl/N-ethyl adjacent to an activating group) is 1. The van der Waals surface area contributed by atoms with Crippen molar-refractivity contribution in [3.8, 4) is 11.5 Å². The maximum Gasteiger partial charge on any atom is 0.270 e. The predicted molar refractivity (Wildman–Crippen MR) is 108 cm³/mol. The average Bonchev–Trinajstić information content (AvgIpc) is 2.73. The van der Waals surface area contributed by atoms with Crippen LogP contribution in [-0.2, 0) is 14.8 Å². The van der Waals surface area contributed by atoms with E-state index in [1.165, 1.54) is 63.9 Å². The summed E-state index contributed by atoms with van der Waals surface area (Å²) in [4.78, 5) is 22.2. The van der Waals surface area contributed by atoms with Gasteiger partial charge in [-0.1, -0.05) is 12.1 Å². The summed E-state index contributed by atoms with van der Waals surface area (Å²) in [7, 11) is 0.0790. The molecule has 0 aromatic heterocycles. The van der Waals surface area contributed by atoms with Crippen molar-refractivity contribution in [1.82, 2.24) is 9.73 Å². The van der Waals surface area contributed by atoms with Crippen LogP contribution < -0.4 is 14.9 Å². The molecule has 160 valence electrons. The third-order valence-corrected chi connectivity index (χ3v) is 5.71. The third kappa shape index (κ3) is 5.52. The zero-order valence-corrected chi connectivity index (χ0v) is 17.3. The molecule has 2 aromatic rings. The SMILES string of the molecule is COc1ccc(S(=O)(=O)N(C)CC(=O)N/N=C\c2cccc([N+](=O)[O-])c2)cc1OC. The highest BCUT2D eigenvalue weighted by molar-refractivity contribution is 7.89. The molecule has 1 amide bonds. The maximum absolute atomic E-state index is 12.7. The Hall–Kier alpha value is -3.51. The number of nitro benzene ring substituents is 1. The van der Waals surface area contributed by atoms with E-state index >= 15 is 0 Å². The van der Waals surface area contributed by atoms with E-state index in [1.807, 2.05) is 0 Å². The van der Waals surface area contributed by atoms with E-state index < -0.39 is 27.4 Å². The number of carbonyl (C=O) groups excluding carboxylic acids is 1.